The van der Waals surface area contributed by atoms with E-state index in [4.69, 9.17) is 5.73 Å². The van der Waals surface area contributed by atoms with E-state index in [-0.39, 0.29) is 11.7 Å². The van der Waals surface area contributed by atoms with Crippen molar-refractivity contribution in [1.29, 1.82) is 0 Å². The van der Waals surface area contributed by atoms with E-state index in [1.807, 2.05) is 19.9 Å². The summed E-state index contributed by atoms with van der Waals surface area (Å²) in [4.78, 5) is 15.2. The average molecular weight is 280 g/mol. The molecule has 0 bridgehead atoms. The first-order valence-electron chi connectivity index (χ1n) is 6.98. The van der Waals surface area contributed by atoms with Crippen LogP contribution < -0.4 is 10.6 Å². The van der Waals surface area contributed by atoms with E-state index in [0.717, 1.165) is 23.0 Å². The van der Waals surface area contributed by atoms with Gasteiger partial charge in [-0.1, -0.05) is 27.7 Å². The van der Waals surface area contributed by atoms with E-state index in [2.05, 4.69) is 18.7 Å². The van der Waals surface area contributed by atoms with Crippen molar-refractivity contribution < 1.29 is 4.79 Å². The number of nitrogen functional groups attached to an aromatic ring is 1. The lowest BCUT2D eigenvalue weighted by Crippen LogP contribution is -2.39. The molecule has 0 radical (unpaired) electrons. The van der Waals surface area contributed by atoms with E-state index in [0.29, 0.717) is 11.1 Å². The van der Waals surface area contributed by atoms with Crippen molar-refractivity contribution in [3.63, 3.8) is 0 Å². The summed E-state index contributed by atoms with van der Waals surface area (Å²) in [5.74, 6) is 0.164. The number of hydrogen-bond acceptors (Lipinski definition) is 4. The molecule has 0 amide bonds. The number of piperidine rings is 1. The third-order valence-electron chi connectivity index (χ3n) is 3.71. The SMILES string of the molecule is CC(C)C(=O)c1sc(N2CCCC(C)(C)C2)cc1N. The molecule has 1 aromatic rings. The summed E-state index contributed by atoms with van der Waals surface area (Å²) in [7, 11) is 0. The number of carbonyl (C=O) groups excluding carboxylic acids is 1. The number of thiophene rings is 1. The van der Waals surface area contributed by atoms with Crippen molar-refractivity contribution in [1.82, 2.24) is 0 Å². The van der Waals surface area contributed by atoms with Crippen molar-refractivity contribution in [2.24, 2.45) is 11.3 Å². The van der Waals surface area contributed by atoms with E-state index >= 15 is 0 Å². The van der Waals surface area contributed by atoms with Gasteiger partial charge >= 0.3 is 0 Å². The van der Waals surface area contributed by atoms with Gasteiger partial charge in [0.15, 0.2) is 5.78 Å². The number of Topliss-reactive ketones (excluding diaryl/α,β-unsaturated/α-hetero) is 1. The second kappa shape index (κ2) is 5.16. The molecule has 0 aliphatic carbocycles. The van der Waals surface area contributed by atoms with Crippen molar-refractivity contribution in [2.45, 2.75) is 40.5 Å². The minimum Gasteiger partial charge on any atom is -0.397 e. The topological polar surface area (TPSA) is 46.3 Å². The molecule has 1 aliphatic heterocycles. The summed E-state index contributed by atoms with van der Waals surface area (Å²) in [6.07, 6.45) is 2.47. The van der Waals surface area contributed by atoms with E-state index in [1.54, 1.807) is 11.3 Å². The Morgan fingerprint density at radius 3 is 2.74 bits per heavy atom. The summed E-state index contributed by atoms with van der Waals surface area (Å²) in [5.41, 5.74) is 7.00. The predicted molar refractivity (Wildman–Crippen MR) is 83.1 cm³/mol. The van der Waals surface area contributed by atoms with Gasteiger partial charge in [0.05, 0.1) is 15.6 Å². The monoisotopic (exact) mass is 280 g/mol. The lowest BCUT2D eigenvalue weighted by molar-refractivity contribution is 0.0944. The normalized spacial score (nSPS) is 18.9. The molecule has 106 valence electrons. The lowest BCUT2D eigenvalue weighted by atomic mass is 9.84. The van der Waals surface area contributed by atoms with Gasteiger partial charge in [-0.15, -0.1) is 11.3 Å². The van der Waals surface area contributed by atoms with Gasteiger partial charge in [-0.2, -0.15) is 0 Å². The van der Waals surface area contributed by atoms with Crippen LogP contribution in [0, 0.1) is 11.3 Å². The highest BCUT2D eigenvalue weighted by Crippen LogP contribution is 2.38. The fraction of sp³-hybridized carbons (Fsp3) is 0.667. The predicted octanol–water partition coefficient (Wildman–Crippen LogP) is 3.80. The van der Waals surface area contributed by atoms with Crippen LogP contribution in [0.1, 0.15) is 50.2 Å². The van der Waals surface area contributed by atoms with Crippen LogP contribution in [-0.4, -0.2) is 18.9 Å². The molecule has 4 heteroatoms. The van der Waals surface area contributed by atoms with Crippen LogP contribution in [0.25, 0.3) is 0 Å². The minimum absolute atomic E-state index is 0.00611. The fourth-order valence-electron chi connectivity index (χ4n) is 2.61. The molecule has 3 nitrogen and oxygen atoms in total. The van der Waals surface area contributed by atoms with Crippen molar-refractivity contribution >= 4 is 27.8 Å². The Morgan fingerprint density at radius 1 is 1.47 bits per heavy atom. The van der Waals surface area contributed by atoms with E-state index in [1.165, 1.54) is 12.8 Å². The van der Waals surface area contributed by atoms with Crippen molar-refractivity contribution in [2.75, 3.05) is 23.7 Å². The molecule has 0 aromatic carbocycles. The van der Waals surface area contributed by atoms with Gasteiger partial charge in [-0.3, -0.25) is 4.79 Å². The molecule has 1 aromatic heterocycles. The molecular formula is C15H24N2OS. The van der Waals surface area contributed by atoms with Gasteiger partial charge in [0.1, 0.15) is 0 Å². The van der Waals surface area contributed by atoms with Crippen LogP contribution >= 0.6 is 11.3 Å². The number of hydrogen-bond donors (Lipinski definition) is 1. The van der Waals surface area contributed by atoms with Gasteiger partial charge in [0, 0.05) is 19.0 Å². The quantitative estimate of drug-likeness (QED) is 0.857. The molecule has 0 atom stereocenters. The van der Waals surface area contributed by atoms with Gasteiger partial charge in [0.2, 0.25) is 0 Å². The molecule has 0 saturated carbocycles. The summed E-state index contributed by atoms with van der Waals surface area (Å²) in [5, 5.41) is 1.15. The highest BCUT2D eigenvalue weighted by molar-refractivity contribution is 7.18. The maximum Gasteiger partial charge on any atom is 0.177 e. The van der Waals surface area contributed by atoms with Gasteiger partial charge in [-0.25, -0.2) is 0 Å². The first kappa shape index (κ1) is 14.4. The van der Waals surface area contributed by atoms with Crippen LogP contribution in [-0.2, 0) is 0 Å². The zero-order valence-corrected chi connectivity index (χ0v) is 13.1. The molecule has 1 fully saturated rings. The smallest absolute Gasteiger partial charge is 0.177 e. The maximum atomic E-state index is 12.1. The first-order valence-corrected chi connectivity index (χ1v) is 7.80. The number of ketones is 1. The Morgan fingerprint density at radius 2 is 2.16 bits per heavy atom. The van der Waals surface area contributed by atoms with Gasteiger partial charge in [0.25, 0.3) is 0 Å². The van der Waals surface area contributed by atoms with Gasteiger partial charge < -0.3 is 10.6 Å². The average Bonchev–Trinajstić information content (AvgIpc) is 2.69. The molecular weight excluding hydrogens is 256 g/mol. The first-order chi connectivity index (χ1) is 8.80. The second-order valence-electron chi connectivity index (χ2n) is 6.58. The zero-order chi connectivity index (χ0) is 14.2. The summed E-state index contributed by atoms with van der Waals surface area (Å²) >= 11 is 1.55. The van der Waals surface area contributed by atoms with Crippen LogP contribution in [0.15, 0.2) is 6.07 Å². The summed E-state index contributed by atoms with van der Waals surface area (Å²) < 4.78 is 0. The molecule has 0 unspecified atom stereocenters. The zero-order valence-electron chi connectivity index (χ0n) is 12.3. The molecule has 1 saturated heterocycles. The Kier molecular flexibility index (Phi) is 3.90. The number of nitrogens with two attached hydrogens (primary N) is 1. The van der Waals surface area contributed by atoms with Crippen LogP contribution in [0.3, 0.4) is 0 Å². The summed E-state index contributed by atoms with van der Waals surface area (Å²) in [6.45, 7) is 10.6. The Bertz CT molecular complexity index is 476. The molecule has 1 aliphatic rings. The molecule has 2 rings (SSSR count). The van der Waals surface area contributed by atoms with Crippen molar-refractivity contribution in [3.8, 4) is 0 Å². The number of rotatable bonds is 3. The number of nitrogens with zero attached hydrogens (tertiary/aromatic N) is 1. The van der Waals surface area contributed by atoms with E-state index in [9.17, 15) is 4.79 Å². The highest BCUT2D eigenvalue weighted by atomic mass is 32.1. The number of anilines is 2. The van der Waals surface area contributed by atoms with Crippen LogP contribution in [0.2, 0.25) is 0 Å². The van der Waals surface area contributed by atoms with Crippen LogP contribution in [0.5, 0.6) is 0 Å². The molecule has 2 heterocycles. The van der Waals surface area contributed by atoms with Gasteiger partial charge in [-0.05, 0) is 24.3 Å². The third kappa shape index (κ3) is 3.11. The Balaban J connectivity index is 2.22. The lowest BCUT2D eigenvalue weighted by Gasteiger charge is -2.38. The maximum absolute atomic E-state index is 12.1. The second-order valence-corrected chi connectivity index (χ2v) is 7.61. The van der Waals surface area contributed by atoms with Crippen LogP contribution in [0.4, 0.5) is 10.7 Å². The molecule has 19 heavy (non-hydrogen) atoms. The minimum atomic E-state index is 0.00611. The highest BCUT2D eigenvalue weighted by Gasteiger charge is 2.28. The summed E-state index contributed by atoms with van der Waals surface area (Å²) in [6, 6.07) is 1.97. The third-order valence-corrected chi connectivity index (χ3v) is 4.93. The molecule has 0 spiro atoms. The van der Waals surface area contributed by atoms with E-state index < -0.39 is 0 Å². The largest absolute Gasteiger partial charge is 0.397 e. The van der Waals surface area contributed by atoms with Crippen molar-refractivity contribution in [3.05, 3.63) is 10.9 Å². The standard InChI is InChI=1S/C15H24N2OS/c1-10(2)13(18)14-11(16)8-12(19-14)17-7-5-6-15(3,4)9-17/h8,10H,5-7,9,16H2,1-4H3. The number of carbonyl (C=O) groups is 1. The Hall–Kier alpha value is -1.03. The Labute approximate surface area is 119 Å². The molecule has 2 N–H and O–H groups in total. The fourth-order valence-corrected chi connectivity index (χ4v) is 3.81.